The summed E-state index contributed by atoms with van der Waals surface area (Å²) < 4.78 is 1.03. The highest BCUT2D eigenvalue weighted by molar-refractivity contribution is 6.17. The van der Waals surface area contributed by atoms with E-state index in [1.165, 1.54) is 14.1 Å². The predicted octanol–water partition coefficient (Wildman–Crippen LogP) is -4.72. The lowest BCUT2D eigenvalue weighted by Gasteiger charge is -2.22. The van der Waals surface area contributed by atoms with Crippen molar-refractivity contribution < 1.29 is 34.0 Å². The second-order valence-electron chi connectivity index (χ2n) is 4.67. The van der Waals surface area contributed by atoms with Crippen molar-refractivity contribution >= 4 is 35.9 Å². The van der Waals surface area contributed by atoms with E-state index in [9.17, 15) is 29.4 Å². The smallest absolute Gasteiger partial charge is 0.360 e. The van der Waals surface area contributed by atoms with Gasteiger partial charge in [-0.15, -0.1) is 0 Å². The van der Waals surface area contributed by atoms with Crippen LogP contribution in [0.5, 0.6) is 0 Å². The molecular formula is C12H15N4O6-. The van der Waals surface area contributed by atoms with Crippen LogP contribution in [0.15, 0.2) is 4.99 Å². The Morgan fingerprint density at radius 1 is 1.45 bits per heavy atom. The van der Waals surface area contributed by atoms with Crippen LogP contribution in [0.4, 0.5) is 0 Å². The Kier molecular flexibility index (Phi) is 5.33. The first-order valence-electron chi connectivity index (χ1n) is 6.28. The molecule has 0 aliphatic carbocycles. The lowest BCUT2D eigenvalue weighted by molar-refractivity contribution is -0.429. The number of amides is 2. The van der Waals surface area contributed by atoms with Crippen LogP contribution in [0, 0.1) is 5.92 Å². The number of hydrogen-bond acceptors (Lipinski definition) is 8. The van der Waals surface area contributed by atoms with Gasteiger partial charge in [0.15, 0.2) is 5.92 Å². The molecule has 0 aromatic rings. The summed E-state index contributed by atoms with van der Waals surface area (Å²) in [5, 5.41) is 21.2. The van der Waals surface area contributed by atoms with Gasteiger partial charge in [-0.3, -0.25) is 20.3 Å². The van der Waals surface area contributed by atoms with Crippen LogP contribution < -0.4 is 15.9 Å². The first-order valence-corrected chi connectivity index (χ1v) is 6.28. The van der Waals surface area contributed by atoms with Crippen molar-refractivity contribution in [3.05, 3.63) is 0 Å². The normalized spacial score (nSPS) is 20.6. The van der Waals surface area contributed by atoms with E-state index >= 15 is 0 Å². The number of hydrogen-bond donors (Lipinski definition) is 1. The van der Waals surface area contributed by atoms with E-state index in [2.05, 4.69) is 4.99 Å². The van der Waals surface area contributed by atoms with Crippen molar-refractivity contribution in [2.75, 3.05) is 14.1 Å². The zero-order valence-electron chi connectivity index (χ0n) is 12.0. The minimum atomic E-state index is -1.61. The quantitative estimate of drug-likeness (QED) is 0.293. The van der Waals surface area contributed by atoms with Crippen LogP contribution in [0.3, 0.4) is 0 Å². The number of guanidine groups is 1. The molecule has 0 fully saturated rings. The summed E-state index contributed by atoms with van der Waals surface area (Å²) >= 11 is 0. The summed E-state index contributed by atoms with van der Waals surface area (Å²) in [6, 6.07) is -1.49. The fourth-order valence-electron chi connectivity index (χ4n) is 1.80. The van der Waals surface area contributed by atoms with Crippen LogP contribution in [-0.2, 0) is 19.2 Å². The predicted molar refractivity (Wildman–Crippen MR) is 68.2 cm³/mol. The van der Waals surface area contributed by atoms with Crippen LogP contribution >= 0.6 is 0 Å². The molecule has 1 unspecified atom stereocenters. The van der Waals surface area contributed by atoms with Gasteiger partial charge in [0.1, 0.15) is 0 Å². The van der Waals surface area contributed by atoms with Gasteiger partial charge in [-0.2, -0.15) is 0 Å². The third-order valence-electron chi connectivity index (χ3n) is 3.19. The van der Waals surface area contributed by atoms with Crippen molar-refractivity contribution in [2.24, 2.45) is 16.6 Å². The average molecular weight is 311 g/mol. The lowest BCUT2D eigenvalue weighted by atomic mass is 10.1. The van der Waals surface area contributed by atoms with Crippen LogP contribution in [-0.4, -0.2) is 65.5 Å². The van der Waals surface area contributed by atoms with E-state index in [1.54, 1.807) is 0 Å². The van der Waals surface area contributed by atoms with E-state index in [4.69, 9.17) is 5.73 Å². The maximum absolute atomic E-state index is 12.0. The van der Waals surface area contributed by atoms with Crippen molar-refractivity contribution in [2.45, 2.75) is 18.9 Å². The van der Waals surface area contributed by atoms with Gasteiger partial charge >= 0.3 is 17.8 Å². The molecule has 0 saturated heterocycles. The number of rotatable bonds is 6. The molecule has 10 nitrogen and oxygen atoms in total. The molecule has 1 aliphatic rings. The Labute approximate surface area is 125 Å². The Bertz CT molecular complexity index is 582. The summed E-state index contributed by atoms with van der Waals surface area (Å²) in [6.07, 6.45) is -0.0286. The summed E-state index contributed by atoms with van der Waals surface area (Å²) in [6.45, 7) is 0. The first kappa shape index (κ1) is 17.3. The van der Waals surface area contributed by atoms with E-state index < -0.39 is 42.1 Å². The largest absolute Gasteiger partial charge is 0.550 e. The van der Waals surface area contributed by atoms with Gasteiger partial charge in [0.25, 0.3) is 0 Å². The molecule has 1 heterocycles. The molecule has 10 heteroatoms. The summed E-state index contributed by atoms with van der Waals surface area (Å²) in [5.41, 5.74) is 5.56. The SMILES string of the molecule is CN1C(=O)C(C=N[C@H](CCC(=O)[O-])C(=O)[O-])C(=O)[N+](C)=C1N. The Morgan fingerprint density at radius 2 is 2.05 bits per heavy atom. The van der Waals surface area contributed by atoms with E-state index in [0.29, 0.717) is 0 Å². The molecule has 2 atom stereocenters. The van der Waals surface area contributed by atoms with Crippen molar-refractivity contribution in [3.63, 3.8) is 0 Å². The van der Waals surface area contributed by atoms with Crippen LogP contribution in [0.1, 0.15) is 12.8 Å². The molecule has 0 spiro atoms. The topological polar surface area (TPSA) is 159 Å². The fraction of sp³-hybridized carbons (Fsp3) is 0.500. The fourth-order valence-corrected chi connectivity index (χ4v) is 1.80. The highest BCUT2D eigenvalue weighted by atomic mass is 16.4. The third kappa shape index (κ3) is 3.65. The number of carboxylic acid groups (broad SMARTS) is 2. The molecule has 1 rings (SSSR count). The van der Waals surface area contributed by atoms with E-state index in [0.717, 1.165) is 15.7 Å². The number of aliphatic carboxylic acids is 2. The molecule has 0 radical (unpaired) electrons. The number of carboxylic acids is 2. The molecule has 0 saturated carbocycles. The zero-order chi connectivity index (χ0) is 17.0. The molecule has 0 bridgehead atoms. The number of nitrogens with two attached hydrogens (primary N) is 1. The minimum absolute atomic E-state index is 0.0620. The number of carbonyl (C=O) groups is 4. The van der Waals surface area contributed by atoms with Gasteiger partial charge in [-0.05, 0) is 12.8 Å². The standard InChI is InChI=1S/C12H16N4O6/c1-15-9(19)6(10(20)16(2)12(15)13)5-14-7(11(21)22)3-4-8(17)18/h5-7,13H,3-4H2,1-2H3,(H2,17,18,21,22)/p-1/t7-/m1/s1. The van der Waals surface area contributed by atoms with Crippen LogP contribution in [0.2, 0.25) is 0 Å². The van der Waals surface area contributed by atoms with Crippen molar-refractivity contribution in [1.82, 2.24) is 4.90 Å². The maximum atomic E-state index is 12.0. The van der Waals surface area contributed by atoms with Crippen molar-refractivity contribution in [1.29, 1.82) is 0 Å². The maximum Gasteiger partial charge on any atom is 0.360 e. The van der Waals surface area contributed by atoms with E-state index in [1.807, 2.05) is 0 Å². The van der Waals surface area contributed by atoms with Crippen LogP contribution in [0.25, 0.3) is 0 Å². The first-order chi connectivity index (χ1) is 10.2. The number of carbonyl (C=O) groups excluding carboxylic acids is 4. The molecule has 22 heavy (non-hydrogen) atoms. The van der Waals surface area contributed by atoms with Gasteiger partial charge in [0.2, 0.25) is 0 Å². The molecule has 1 aliphatic heterocycles. The number of nitrogens with zero attached hydrogens (tertiary/aromatic N) is 3. The van der Waals surface area contributed by atoms with Gasteiger partial charge in [-0.25, -0.2) is 9.48 Å². The van der Waals surface area contributed by atoms with Gasteiger partial charge in [-0.1, -0.05) is 0 Å². The monoisotopic (exact) mass is 311 g/mol. The summed E-state index contributed by atoms with van der Waals surface area (Å²) in [4.78, 5) is 49.8. The molecule has 120 valence electrons. The summed E-state index contributed by atoms with van der Waals surface area (Å²) in [5.74, 6) is -5.77. The second kappa shape index (κ2) is 6.78. The van der Waals surface area contributed by atoms with Gasteiger partial charge < -0.3 is 19.8 Å². The molecule has 2 amide bonds. The van der Waals surface area contributed by atoms with Gasteiger partial charge in [0.05, 0.1) is 26.1 Å². The molecule has 0 aromatic carbocycles. The summed E-state index contributed by atoms with van der Waals surface area (Å²) in [7, 11) is 2.71. The Hall–Kier alpha value is -2.78. The zero-order valence-corrected chi connectivity index (χ0v) is 12.0. The lowest BCUT2D eigenvalue weighted by Crippen LogP contribution is -2.56. The highest BCUT2D eigenvalue weighted by Gasteiger charge is 2.41. The highest BCUT2D eigenvalue weighted by Crippen LogP contribution is 2.09. The molecular weight excluding hydrogens is 296 g/mol. The van der Waals surface area contributed by atoms with E-state index in [-0.39, 0.29) is 12.4 Å². The molecule has 2 N–H and O–H groups in total. The van der Waals surface area contributed by atoms with Gasteiger partial charge in [0, 0.05) is 12.2 Å². The average Bonchev–Trinajstić information content (AvgIpc) is 2.45. The second-order valence-corrected chi connectivity index (χ2v) is 4.67. The third-order valence-corrected chi connectivity index (χ3v) is 3.19. The Morgan fingerprint density at radius 3 is 2.55 bits per heavy atom. The van der Waals surface area contributed by atoms with Crippen molar-refractivity contribution in [3.8, 4) is 0 Å². The number of aliphatic imine (C=N–C) groups is 1. The minimum Gasteiger partial charge on any atom is -0.550 e. The molecule has 0 aromatic heterocycles. The Balaban J connectivity index is 2.95.